The van der Waals surface area contributed by atoms with Crippen molar-refractivity contribution in [2.45, 2.75) is 0 Å². The molecule has 0 fully saturated rings. The van der Waals surface area contributed by atoms with Crippen LogP contribution in [-0.2, 0) is 0 Å². The number of aromatic nitrogens is 1. The van der Waals surface area contributed by atoms with Crippen LogP contribution in [0.15, 0.2) is 54.7 Å². The van der Waals surface area contributed by atoms with Crippen molar-refractivity contribution in [1.29, 1.82) is 0 Å². The Hall–Kier alpha value is -3.55. The molecule has 1 heterocycles. The zero-order valence-electron chi connectivity index (χ0n) is 14.1. The van der Waals surface area contributed by atoms with Crippen LogP contribution in [0.3, 0.4) is 0 Å². The van der Waals surface area contributed by atoms with E-state index in [-0.39, 0.29) is 5.69 Å². The second-order valence-electron chi connectivity index (χ2n) is 5.46. The van der Waals surface area contributed by atoms with Crippen molar-refractivity contribution in [3.63, 3.8) is 0 Å². The predicted molar refractivity (Wildman–Crippen MR) is 94.8 cm³/mol. The maximum Gasteiger partial charge on any atom is 0.274 e. The first kappa shape index (κ1) is 18.2. The summed E-state index contributed by atoms with van der Waals surface area (Å²) in [6, 6.07) is 11.8. The summed E-state index contributed by atoms with van der Waals surface area (Å²) in [6.07, 6.45) is 1.39. The molecule has 0 saturated heterocycles. The quantitative estimate of drug-likeness (QED) is 0.647. The lowest BCUT2D eigenvalue weighted by Crippen LogP contribution is -2.15. The number of halogens is 3. The fraction of sp³-hybridized carbons (Fsp3) is 0.0526. The molecular weight excluding hydrogens is 359 g/mol. The number of carbonyl (C=O) groups excluding carboxylic acids is 1. The van der Waals surface area contributed by atoms with Gasteiger partial charge in [-0.05, 0) is 48.5 Å². The lowest BCUT2D eigenvalue weighted by atomic mass is 10.2. The molecule has 0 atom stereocenters. The number of amides is 1. The maximum atomic E-state index is 13.7. The Morgan fingerprint density at radius 3 is 2.41 bits per heavy atom. The predicted octanol–water partition coefficient (Wildman–Crippen LogP) is 4.50. The first-order valence-corrected chi connectivity index (χ1v) is 7.80. The average molecular weight is 373 g/mol. The number of rotatable bonds is 5. The summed E-state index contributed by atoms with van der Waals surface area (Å²) in [5, 5.41) is 5.26. The van der Waals surface area contributed by atoms with E-state index in [1.165, 1.54) is 12.3 Å². The zero-order valence-corrected chi connectivity index (χ0v) is 14.1. The van der Waals surface area contributed by atoms with Crippen LogP contribution in [0.25, 0.3) is 0 Å². The monoisotopic (exact) mass is 373 g/mol. The van der Waals surface area contributed by atoms with Crippen LogP contribution in [0.1, 0.15) is 10.5 Å². The van der Waals surface area contributed by atoms with Gasteiger partial charge in [0.2, 0.25) is 0 Å². The summed E-state index contributed by atoms with van der Waals surface area (Å²) in [7, 11) is 1.56. The largest absolute Gasteiger partial charge is 0.497 e. The molecule has 0 bridgehead atoms. The van der Waals surface area contributed by atoms with E-state index < -0.39 is 29.0 Å². The lowest BCUT2D eigenvalue weighted by Gasteiger charge is -2.10. The summed E-state index contributed by atoms with van der Waals surface area (Å²) in [5.74, 6) is -4.54. The highest BCUT2D eigenvalue weighted by Crippen LogP contribution is 2.22. The molecule has 2 N–H and O–H groups in total. The minimum absolute atomic E-state index is 0.0300. The summed E-state index contributed by atoms with van der Waals surface area (Å²) in [6.45, 7) is 0. The minimum atomic E-state index is -1.66. The highest BCUT2D eigenvalue weighted by molar-refractivity contribution is 6.03. The normalized spacial score (nSPS) is 10.4. The fourth-order valence-corrected chi connectivity index (χ4v) is 2.28. The standard InChI is InChI=1S/C19H14F3N3O2/c1-27-13-4-2-11(3-5-13)24-12-8-9-23-16(10-12)19(26)25-15-7-6-14(20)17(21)18(15)22/h2-10H,1H3,(H,23,24)(H,25,26). The van der Waals surface area contributed by atoms with Crippen LogP contribution < -0.4 is 15.4 Å². The molecule has 8 heteroatoms. The Balaban J connectivity index is 1.76. The van der Waals surface area contributed by atoms with Gasteiger partial charge in [0.05, 0.1) is 12.8 Å². The van der Waals surface area contributed by atoms with Crippen molar-refractivity contribution >= 4 is 23.0 Å². The first-order chi connectivity index (χ1) is 13.0. The van der Waals surface area contributed by atoms with Crippen molar-refractivity contribution in [2.75, 3.05) is 17.7 Å². The molecule has 0 unspecified atom stereocenters. The van der Waals surface area contributed by atoms with Crippen LogP contribution in [0.5, 0.6) is 5.75 Å². The van der Waals surface area contributed by atoms with Crippen LogP contribution in [-0.4, -0.2) is 18.0 Å². The van der Waals surface area contributed by atoms with Gasteiger partial charge in [0.15, 0.2) is 17.5 Å². The number of ether oxygens (including phenoxy) is 1. The van der Waals surface area contributed by atoms with Gasteiger partial charge < -0.3 is 15.4 Å². The van der Waals surface area contributed by atoms with Crippen molar-refractivity contribution < 1.29 is 22.7 Å². The number of nitrogens with zero attached hydrogens (tertiary/aromatic N) is 1. The molecule has 0 aliphatic heterocycles. The van der Waals surface area contributed by atoms with Gasteiger partial charge in [0.25, 0.3) is 5.91 Å². The Labute approximate surface area is 152 Å². The van der Waals surface area contributed by atoms with Gasteiger partial charge >= 0.3 is 0 Å². The van der Waals surface area contributed by atoms with Gasteiger partial charge in [-0.25, -0.2) is 13.2 Å². The van der Waals surface area contributed by atoms with Crippen LogP contribution in [0.2, 0.25) is 0 Å². The fourth-order valence-electron chi connectivity index (χ4n) is 2.28. The van der Waals surface area contributed by atoms with Gasteiger partial charge in [-0.2, -0.15) is 0 Å². The van der Waals surface area contributed by atoms with Gasteiger partial charge in [-0.1, -0.05) is 0 Å². The molecule has 5 nitrogen and oxygen atoms in total. The van der Waals surface area contributed by atoms with E-state index in [9.17, 15) is 18.0 Å². The van der Waals surface area contributed by atoms with Crippen LogP contribution >= 0.6 is 0 Å². The van der Waals surface area contributed by atoms with Gasteiger partial charge in [0, 0.05) is 17.6 Å². The first-order valence-electron chi connectivity index (χ1n) is 7.80. The van der Waals surface area contributed by atoms with E-state index in [0.29, 0.717) is 11.4 Å². The smallest absolute Gasteiger partial charge is 0.274 e. The zero-order chi connectivity index (χ0) is 19.4. The molecule has 0 spiro atoms. The summed E-state index contributed by atoms with van der Waals surface area (Å²) in [5.41, 5.74) is 0.804. The number of benzene rings is 2. The summed E-state index contributed by atoms with van der Waals surface area (Å²) >= 11 is 0. The molecule has 1 amide bonds. The van der Waals surface area contributed by atoms with Gasteiger partial charge in [-0.15, -0.1) is 0 Å². The van der Waals surface area contributed by atoms with E-state index in [2.05, 4.69) is 15.6 Å². The molecule has 2 aromatic carbocycles. The Bertz CT molecular complexity index is 978. The number of hydrogen-bond donors (Lipinski definition) is 2. The maximum absolute atomic E-state index is 13.7. The molecule has 0 radical (unpaired) electrons. The Morgan fingerprint density at radius 2 is 1.70 bits per heavy atom. The SMILES string of the molecule is COc1ccc(Nc2ccnc(C(=O)Nc3ccc(F)c(F)c3F)c2)cc1. The topological polar surface area (TPSA) is 63.2 Å². The number of anilines is 3. The minimum Gasteiger partial charge on any atom is -0.497 e. The highest BCUT2D eigenvalue weighted by atomic mass is 19.2. The van der Waals surface area contributed by atoms with E-state index in [1.807, 2.05) is 0 Å². The van der Waals surface area contributed by atoms with Crippen molar-refractivity contribution in [1.82, 2.24) is 4.98 Å². The third-order valence-electron chi connectivity index (χ3n) is 3.65. The van der Waals surface area contributed by atoms with E-state index in [1.54, 1.807) is 37.4 Å². The molecule has 138 valence electrons. The number of methoxy groups -OCH3 is 1. The third kappa shape index (κ3) is 4.17. The van der Waals surface area contributed by atoms with Crippen molar-refractivity contribution in [3.05, 3.63) is 77.9 Å². The molecule has 3 aromatic rings. The highest BCUT2D eigenvalue weighted by Gasteiger charge is 2.16. The number of pyridine rings is 1. The number of nitrogens with one attached hydrogen (secondary N) is 2. The van der Waals surface area contributed by atoms with Crippen molar-refractivity contribution in [3.8, 4) is 5.75 Å². The molecule has 1 aromatic heterocycles. The average Bonchev–Trinajstić information content (AvgIpc) is 2.69. The molecule has 0 saturated carbocycles. The van der Waals surface area contributed by atoms with Crippen LogP contribution in [0.4, 0.5) is 30.2 Å². The summed E-state index contributed by atoms with van der Waals surface area (Å²) in [4.78, 5) is 16.2. The summed E-state index contributed by atoms with van der Waals surface area (Å²) < 4.78 is 45.0. The third-order valence-corrected chi connectivity index (χ3v) is 3.65. The molecular formula is C19H14F3N3O2. The number of carbonyl (C=O) groups is 1. The van der Waals surface area contributed by atoms with Gasteiger partial charge in [-0.3, -0.25) is 9.78 Å². The van der Waals surface area contributed by atoms with Crippen LogP contribution in [0, 0.1) is 17.5 Å². The molecule has 0 aliphatic rings. The second-order valence-corrected chi connectivity index (χ2v) is 5.46. The van der Waals surface area contributed by atoms with E-state index >= 15 is 0 Å². The lowest BCUT2D eigenvalue weighted by molar-refractivity contribution is 0.102. The Morgan fingerprint density at radius 1 is 0.963 bits per heavy atom. The van der Waals surface area contributed by atoms with Gasteiger partial charge in [0.1, 0.15) is 11.4 Å². The molecule has 3 rings (SSSR count). The van der Waals surface area contributed by atoms with E-state index in [0.717, 1.165) is 17.8 Å². The second kappa shape index (κ2) is 7.77. The molecule has 27 heavy (non-hydrogen) atoms. The number of hydrogen-bond acceptors (Lipinski definition) is 4. The van der Waals surface area contributed by atoms with Crippen molar-refractivity contribution in [2.24, 2.45) is 0 Å². The molecule has 0 aliphatic carbocycles. The van der Waals surface area contributed by atoms with E-state index in [4.69, 9.17) is 4.74 Å². The Kier molecular flexibility index (Phi) is 5.25.